The van der Waals surface area contributed by atoms with Crippen LogP contribution in [0.1, 0.15) is 27.2 Å². The highest BCUT2D eigenvalue weighted by Gasteiger charge is 2.22. The molecule has 1 aromatic heterocycles. The molecule has 1 aliphatic rings. The molecule has 2 aromatic rings. The summed E-state index contributed by atoms with van der Waals surface area (Å²) >= 11 is 0. The van der Waals surface area contributed by atoms with Gasteiger partial charge in [0.1, 0.15) is 12.0 Å². The van der Waals surface area contributed by atoms with Crippen LogP contribution < -0.4 is 5.73 Å². The molecule has 1 aromatic carbocycles. The second-order valence-corrected chi connectivity index (χ2v) is 4.75. The van der Waals surface area contributed by atoms with Crippen LogP contribution in [0.15, 0.2) is 41.0 Å². The zero-order chi connectivity index (χ0) is 13.2. The maximum Gasteiger partial charge on any atom is 0.257 e. The summed E-state index contributed by atoms with van der Waals surface area (Å²) < 4.78 is 5.22. The predicted octanol–water partition coefficient (Wildman–Crippen LogP) is 1.94. The first-order valence-electron chi connectivity index (χ1n) is 6.41. The number of rotatable bonds is 2. The van der Waals surface area contributed by atoms with Crippen molar-refractivity contribution in [1.82, 2.24) is 4.90 Å². The third-order valence-electron chi connectivity index (χ3n) is 3.52. The van der Waals surface area contributed by atoms with E-state index in [1.807, 2.05) is 17.0 Å². The summed E-state index contributed by atoms with van der Waals surface area (Å²) in [4.78, 5) is 14.2. The van der Waals surface area contributed by atoms with Gasteiger partial charge in [-0.2, -0.15) is 0 Å². The standard InChI is InChI=1S/C15H16N2O2/c16-8-14-7-13(10-19-14)15(18)17-6-5-11-3-1-2-4-12(11)9-17/h1-4,7,10H,5-6,8-9,16H2. The lowest BCUT2D eigenvalue weighted by atomic mass is 9.99. The van der Waals surface area contributed by atoms with Crippen molar-refractivity contribution < 1.29 is 9.21 Å². The molecule has 0 bridgehead atoms. The second-order valence-electron chi connectivity index (χ2n) is 4.75. The molecule has 19 heavy (non-hydrogen) atoms. The van der Waals surface area contributed by atoms with Crippen LogP contribution in [0, 0.1) is 0 Å². The van der Waals surface area contributed by atoms with Crippen molar-refractivity contribution in [2.45, 2.75) is 19.5 Å². The zero-order valence-corrected chi connectivity index (χ0v) is 10.6. The summed E-state index contributed by atoms with van der Waals surface area (Å²) in [6.45, 7) is 1.73. The number of carbonyl (C=O) groups excluding carboxylic acids is 1. The van der Waals surface area contributed by atoms with E-state index >= 15 is 0 Å². The molecular weight excluding hydrogens is 240 g/mol. The number of hydrogen-bond acceptors (Lipinski definition) is 3. The van der Waals surface area contributed by atoms with Gasteiger partial charge in [-0.3, -0.25) is 4.79 Å². The number of nitrogens with zero attached hydrogens (tertiary/aromatic N) is 1. The van der Waals surface area contributed by atoms with Gasteiger partial charge < -0.3 is 15.1 Å². The van der Waals surface area contributed by atoms with Crippen LogP contribution in [0.5, 0.6) is 0 Å². The van der Waals surface area contributed by atoms with Crippen LogP contribution >= 0.6 is 0 Å². The molecule has 0 saturated carbocycles. The summed E-state index contributed by atoms with van der Waals surface area (Å²) in [5.74, 6) is 0.652. The van der Waals surface area contributed by atoms with E-state index in [0.29, 0.717) is 24.4 Å². The normalized spacial score (nSPS) is 14.3. The van der Waals surface area contributed by atoms with Crippen LogP contribution in [0.25, 0.3) is 0 Å². The van der Waals surface area contributed by atoms with E-state index in [1.165, 1.54) is 17.4 Å². The van der Waals surface area contributed by atoms with E-state index in [1.54, 1.807) is 6.07 Å². The summed E-state index contributed by atoms with van der Waals surface area (Å²) in [6, 6.07) is 9.98. The van der Waals surface area contributed by atoms with Gasteiger partial charge in [-0.15, -0.1) is 0 Å². The maximum atomic E-state index is 12.4. The molecule has 0 aliphatic carbocycles. The third-order valence-corrected chi connectivity index (χ3v) is 3.52. The smallest absolute Gasteiger partial charge is 0.257 e. The number of benzene rings is 1. The van der Waals surface area contributed by atoms with Crippen molar-refractivity contribution in [2.24, 2.45) is 5.73 Å². The van der Waals surface area contributed by atoms with Gasteiger partial charge in [-0.1, -0.05) is 24.3 Å². The maximum absolute atomic E-state index is 12.4. The van der Waals surface area contributed by atoms with Crippen molar-refractivity contribution in [3.63, 3.8) is 0 Å². The third kappa shape index (κ3) is 2.27. The molecule has 0 radical (unpaired) electrons. The van der Waals surface area contributed by atoms with Crippen LogP contribution in [-0.4, -0.2) is 17.4 Å². The Labute approximate surface area is 111 Å². The van der Waals surface area contributed by atoms with Gasteiger partial charge in [0.2, 0.25) is 0 Å². The van der Waals surface area contributed by atoms with Crippen molar-refractivity contribution in [1.29, 1.82) is 0 Å². The monoisotopic (exact) mass is 256 g/mol. The highest BCUT2D eigenvalue weighted by Crippen LogP contribution is 2.20. The van der Waals surface area contributed by atoms with Crippen LogP contribution in [0.4, 0.5) is 0 Å². The number of carbonyl (C=O) groups is 1. The van der Waals surface area contributed by atoms with Crippen molar-refractivity contribution in [2.75, 3.05) is 6.54 Å². The molecule has 0 fully saturated rings. The number of hydrogen-bond donors (Lipinski definition) is 1. The number of fused-ring (bicyclic) bond motifs is 1. The Balaban J connectivity index is 1.79. The van der Waals surface area contributed by atoms with Crippen LogP contribution in [0.3, 0.4) is 0 Å². The highest BCUT2D eigenvalue weighted by atomic mass is 16.3. The molecule has 0 atom stereocenters. The minimum absolute atomic E-state index is 0.0120. The average molecular weight is 256 g/mol. The molecule has 4 nitrogen and oxygen atoms in total. The highest BCUT2D eigenvalue weighted by molar-refractivity contribution is 5.94. The average Bonchev–Trinajstić information content (AvgIpc) is 2.95. The Morgan fingerprint density at radius 1 is 1.32 bits per heavy atom. The molecule has 0 saturated heterocycles. The molecule has 0 unspecified atom stereocenters. The molecule has 3 rings (SSSR count). The predicted molar refractivity (Wildman–Crippen MR) is 71.5 cm³/mol. The zero-order valence-electron chi connectivity index (χ0n) is 10.6. The number of furan rings is 1. The minimum atomic E-state index is 0.0120. The van der Waals surface area contributed by atoms with E-state index in [2.05, 4.69) is 12.1 Å². The molecule has 1 aliphatic heterocycles. The van der Waals surface area contributed by atoms with E-state index in [4.69, 9.17) is 10.2 Å². The van der Waals surface area contributed by atoms with Gasteiger partial charge in [-0.25, -0.2) is 0 Å². The largest absolute Gasteiger partial charge is 0.467 e. The van der Waals surface area contributed by atoms with E-state index in [0.717, 1.165) is 13.0 Å². The van der Waals surface area contributed by atoms with E-state index in [-0.39, 0.29) is 5.91 Å². The summed E-state index contributed by atoms with van der Waals surface area (Å²) in [7, 11) is 0. The fourth-order valence-electron chi connectivity index (χ4n) is 2.45. The Bertz CT molecular complexity index is 604. The minimum Gasteiger partial charge on any atom is -0.467 e. The Morgan fingerprint density at radius 3 is 2.84 bits per heavy atom. The molecule has 0 spiro atoms. The summed E-state index contributed by atoms with van der Waals surface area (Å²) in [5.41, 5.74) is 8.63. The Morgan fingerprint density at radius 2 is 2.11 bits per heavy atom. The van der Waals surface area contributed by atoms with Gasteiger partial charge in [0.25, 0.3) is 5.91 Å². The second kappa shape index (κ2) is 4.90. The first-order valence-corrected chi connectivity index (χ1v) is 6.41. The van der Waals surface area contributed by atoms with E-state index < -0.39 is 0 Å². The number of amides is 1. The number of nitrogens with two attached hydrogens (primary N) is 1. The van der Waals surface area contributed by atoms with Crippen molar-refractivity contribution in [3.8, 4) is 0 Å². The lowest BCUT2D eigenvalue weighted by Crippen LogP contribution is -2.35. The molecular formula is C15H16N2O2. The lowest BCUT2D eigenvalue weighted by Gasteiger charge is -2.28. The fraction of sp³-hybridized carbons (Fsp3) is 0.267. The first kappa shape index (κ1) is 12.0. The summed E-state index contributed by atoms with van der Waals surface area (Å²) in [5, 5.41) is 0. The summed E-state index contributed by atoms with van der Waals surface area (Å²) in [6.07, 6.45) is 2.40. The van der Waals surface area contributed by atoms with Gasteiger partial charge >= 0.3 is 0 Å². The van der Waals surface area contributed by atoms with Gasteiger partial charge in [0.15, 0.2) is 0 Å². The molecule has 98 valence electrons. The first-order chi connectivity index (χ1) is 9.28. The quantitative estimate of drug-likeness (QED) is 0.893. The van der Waals surface area contributed by atoms with Crippen molar-refractivity contribution >= 4 is 5.91 Å². The Kier molecular flexibility index (Phi) is 3.09. The van der Waals surface area contributed by atoms with E-state index in [9.17, 15) is 4.79 Å². The topological polar surface area (TPSA) is 59.5 Å². The van der Waals surface area contributed by atoms with Gasteiger partial charge in [0.05, 0.1) is 12.1 Å². The lowest BCUT2D eigenvalue weighted by molar-refractivity contribution is 0.0734. The van der Waals surface area contributed by atoms with Crippen LogP contribution in [0.2, 0.25) is 0 Å². The fourth-order valence-corrected chi connectivity index (χ4v) is 2.45. The van der Waals surface area contributed by atoms with Crippen molar-refractivity contribution in [3.05, 3.63) is 59.0 Å². The molecule has 2 heterocycles. The molecule has 4 heteroatoms. The van der Waals surface area contributed by atoms with Gasteiger partial charge in [0, 0.05) is 13.1 Å². The SMILES string of the molecule is NCc1cc(C(=O)N2CCc3ccccc3C2)co1. The Hall–Kier alpha value is -2.07. The van der Waals surface area contributed by atoms with Gasteiger partial charge in [-0.05, 0) is 23.6 Å². The van der Waals surface area contributed by atoms with Crippen LogP contribution in [-0.2, 0) is 19.5 Å². The molecule has 2 N–H and O–H groups in total. The molecule has 1 amide bonds.